The lowest BCUT2D eigenvalue weighted by molar-refractivity contribution is -0.110. The maximum absolute atomic E-state index is 13.1. The van der Waals surface area contributed by atoms with E-state index in [0.717, 1.165) is 25.5 Å². The Morgan fingerprint density at radius 3 is 2.04 bits per heavy atom. The van der Waals surface area contributed by atoms with Gasteiger partial charge in [0.2, 0.25) is 5.24 Å². The zero-order valence-corrected chi connectivity index (χ0v) is 16.7. The summed E-state index contributed by atoms with van der Waals surface area (Å²) in [6, 6.07) is 10.0. The zero-order valence-electron chi connectivity index (χ0n) is 13.5. The van der Waals surface area contributed by atoms with E-state index >= 15 is 0 Å². The predicted octanol–water partition coefficient (Wildman–Crippen LogP) is 4.34. The maximum Gasteiger partial charge on any atom is 0.264 e. The van der Waals surface area contributed by atoms with Gasteiger partial charge in [0, 0.05) is 4.47 Å². The van der Waals surface area contributed by atoms with Gasteiger partial charge >= 0.3 is 0 Å². The first-order valence-electron chi connectivity index (χ1n) is 7.17. The summed E-state index contributed by atoms with van der Waals surface area (Å²) in [5.74, 6) is 0. The molecule has 24 heavy (non-hydrogen) atoms. The second-order valence-corrected chi connectivity index (χ2v) is 8.77. The number of carbonyl (C=O) groups excluding carboxylic acids is 1. The molecule has 2 rings (SSSR count). The van der Waals surface area contributed by atoms with E-state index in [0.29, 0.717) is 5.69 Å². The fourth-order valence-corrected chi connectivity index (χ4v) is 4.70. The van der Waals surface area contributed by atoms with E-state index in [1.54, 1.807) is 12.1 Å². The summed E-state index contributed by atoms with van der Waals surface area (Å²) in [6.07, 6.45) is 0. The van der Waals surface area contributed by atoms with Gasteiger partial charge in [0.25, 0.3) is 10.0 Å². The molecular formula is C17H17BrClNO3S. The van der Waals surface area contributed by atoms with Gasteiger partial charge in [-0.2, -0.15) is 0 Å². The molecule has 0 saturated heterocycles. The molecule has 0 fully saturated rings. The molecule has 0 amide bonds. The Morgan fingerprint density at radius 2 is 1.58 bits per heavy atom. The largest absolute Gasteiger partial charge is 0.279 e. The highest BCUT2D eigenvalue weighted by Crippen LogP contribution is 2.31. The average molecular weight is 431 g/mol. The number of nitrogens with zero attached hydrogens (tertiary/aromatic N) is 1. The number of anilines is 1. The summed E-state index contributed by atoms with van der Waals surface area (Å²) in [5.41, 5.74) is 3.04. The van der Waals surface area contributed by atoms with Crippen molar-refractivity contribution in [2.24, 2.45) is 0 Å². The highest BCUT2D eigenvalue weighted by molar-refractivity contribution is 9.10. The van der Waals surface area contributed by atoms with Crippen molar-refractivity contribution in [1.82, 2.24) is 0 Å². The van der Waals surface area contributed by atoms with Crippen LogP contribution in [0.25, 0.3) is 0 Å². The minimum Gasteiger partial charge on any atom is -0.279 e. The lowest BCUT2D eigenvalue weighted by Crippen LogP contribution is -2.35. The number of hydrogen-bond donors (Lipinski definition) is 0. The van der Waals surface area contributed by atoms with Crippen LogP contribution in [0.3, 0.4) is 0 Å². The normalized spacial score (nSPS) is 11.4. The maximum atomic E-state index is 13.1. The van der Waals surface area contributed by atoms with E-state index < -0.39 is 21.8 Å². The number of rotatable bonds is 5. The Kier molecular flexibility index (Phi) is 5.73. The van der Waals surface area contributed by atoms with Crippen molar-refractivity contribution in [3.8, 4) is 0 Å². The van der Waals surface area contributed by atoms with Gasteiger partial charge in [0.15, 0.2) is 0 Å². The minimum atomic E-state index is -3.92. The molecule has 2 aromatic carbocycles. The Balaban J connectivity index is 2.65. The van der Waals surface area contributed by atoms with Gasteiger partial charge in [0.05, 0.1) is 10.6 Å². The van der Waals surface area contributed by atoms with Gasteiger partial charge in [0.1, 0.15) is 6.54 Å². The van der Waals surface area contributed by atoms with E-state index in [1.165, 1.54) is 12.1 Å². The summed E-state index contributed by atoms with van der Waals surface area (Å²) in [6.45, 7) is 5.14. The first-order chi connectivity index (χ1) is 11.1. The van der Waals surface area contributed by atoms with Gasteiger partial charge in [-0.3, -0.25) is 9.10 Å². The monoisotopic (exact) mass is 429 g/mol. The van der Waals surface area contributed by atoms with Crippen LogP contribution in [0.5, 0.6) is 0 Å². The molecule has 0 atom stereocenters. The van der Waals surface area contributed by atoms with Gasteiger partial charge < -0.3 is 0 Å². The van der Waals surface area contributed by atoms with Crippen molar-refractivity contribution < 1.29 is 13.2 Å². The summed E-state index contributed by atoms with van der Waals surface area (Å²) in [4.78, 5) is 11.6. The molecule has 0 radical (unpaired) electrons. The summed E-state index contributed by atoms with van der Waals surface area (Å²) in [7, 11) is -3.92. The van der Waals surface area contributed by atoms with Gasteiger partial charge in [-0.25, -0.2) is 8.42 Å². The first kappa shape index (κ1) is 19.0. The average Bonchev–Trinajstić information content (AvgIpc) is 2.45. The molecule has 0 spiro atoms. The van der Waals surface area contributed by atoms with Crippen LogP contribution in [0.4, 0.5) is 5.69 Å². The SMILES string of the molecule is Cc1cc(C)c(N(CC(=O)Cl)S(=O)(=O)c2ccc(Br)cc2)c(C)c1. The standard InChI is InChI=1S/C17H17BrClNO3S/c1-11-8-12(2)17(13(3)9-11)20(10-16(19)21)24(22,23)15-6-4-14(18)5-7-15/h4-9H,10H2,1-3H3. The smallest absolute Gasteiger partial charge is 0.264 e. The number of halogens is 2. The molecule has 0 N–H and O–H groups in total. The molecule has 0 aliphatic heterocycles. The van der Waals surface area contributed by atoms with Crippen molar-refractivity contribution in [3.63, 3.8) is 0 Å². The lowest BCUT2D eigenvalue weighted by atomic mass is 10.1. The molecule has 7 heteroatoms. The molecule has 0 saturated carbocycles. The van der Waals surface area contributed by atoms with E-state index in [9.17, 15) is 13.2 Å². The highest BCUT2D eigenvalue weighted by Gasteiger charge is 2.29. The molecule has 0 aliphatic carbocycles. The first-order valence-corrected chi connectivity index (χ1v) is 9.78. The zero-order chi connectivity index (χ0) is 18.1. The molecule has 2 aromatic rings. The van der Waals surface area contributed by atoms with E-state index in [2.05, 4.69) is 15.9 Å². The second-order valence-electron chi connectivity index (χ2n) is 5.57. The van der Waals surface area contributed by atoms with Crippen LogP contribution in [0.15, 0.2) is 45.8 Å². The van der Waals surface area contributed by atoms with E-state index in [1.807, 2.05) is 32.9 Å². The summed E-state index contributed by atoms with van der Waals surface area (Å²) >= 11 is 8.81. The molecular weight excluding hydrogens is 414 g/mol. The minimum absolute atomic E-state index is 0.1000. The molecule has 128 valence electrons. The molecule has 0 aliphatic rings. The Labute approximate surface area is 155 Å². The van der Waals surface area contributed by atoms with Crippen molar-refractivity contribution in [2.45, 2.75) is 25.7 Å². The third kappa shape index (κ3) is 3.99. The van der Waals surface area contributed by atoms with E-state index in [4.69, 9.17) is 11.6 Å². The second kappa shape index (κ2) is 7.25. The van der Waals surface area contributed by atoms with Gasteiger partial charge in [-0.1, -0.05) is 33.6 Å². The molecule has 4 nitrogen and oxygen atoms in total. The Hall–Kier alpha value is -1.37. The van der Waals surface area contributed by atoms with Gasteiger partial charge in [-0.05, 0) is 67.8 Å². The fourth-order valence-electron chi connectivity index (χ4n) is 2.70. The van der Waals surface area contributed by atoms with Crippen LogP contribution < -0.4 is 4.31 Å². The molecule has 0 bridgehead atoms. The number of hydrogen-bond acceptors (Lipinski definition) is 3. The third-order valence-corrected chi connectivity index (χ3v) is 5.96. The van der Waals surface area contributed by atoms with Gasteiger partial charge in [-0.15, -0.1) is 0 Å². The number of sulfonamides is 1. The number of carbonyl (C=O) groups is 1. The molecule has 0 heterocycles. The van der Waals surface area contributed by atoms with Crippen LogP contribution in [0.2, 0.25) is 0 Å². The highest BCUT2D eigenvalue weighted by atomic mass is 79.9. The summed E-state index contributed by atoms with van der Waals surface area (Å²) in [5, 5.41) is -0.741. The quantitative estimate of drug-likeness (QED) is 0.663. The van der Waals surface area contributed by atoms with Crippen LogP contribution in [-0.4, -0.2) is 20.2 Å². The predicted molar refractivity (Wildman–Crippen MR) is 100 cm³/mol. The Bertz CT molecular complexity index is 856. The number of aryl methyl sites for hydroxylation is 3. The van der Waals surface area contributed by atoms with E-state index in [-0.39, 0.29) is 4.90 Å². The van der Waals surface area contributed by atoms with Crippen molar-refractivity contribution in [3.05, 3.63) is 57.6 Å². The lowest BCUT2D eigenvalue weighted by Gasteiger charge is -2.26. The molecule has 0 aromatic heterocycles. The van der Waals surface area contributed by atoms with Crippen molar-refractivity contribution >= 4 is 48.5 Å². The van der Waals surface area contributed by atoms with Crippen LogP contribution in [-0.2, 0) is 14.8 Å². The van der Waals surface area contributed by atoms with Crippen LogP contribution in [0.1, 0.15) is 16.7 Å². The molecule has 0 unspecified atom stereocenters. The third-order valence-electron chi connectivity index (χ3n) is 3.55. The number of benzene rings is 2. The van der Waals surface area contributed by atoms with Crippen LogP contribution >= 0.6 is 27.5 Å². The summed E-state index contributed by atoms with van der Waals surface area (Å²) < 4.78 is 28.0. The topological polar surface area (TPSA) is 54.5 Å². The fraction of sp³-hybridized carbons (Fsp3) is 0.235. The Morgan fingerprint density at radius 1 is 1.08 bits per heavy atom. The van der Waals surface area contributed by atoms with Crippen LogP contribution in [0, 0.1) is 20.8 Å². The van der Waals surface area contributed by atoms with Crippen molar-refractivity contribution in [1.29, 1.82) is 0 Å². The van der Waals surface area contributed by atoms with Crippen molar-refractivity contribution in [2.75, 3.05) is 10.8 Å².